The Labute approximate surface area is 291 Å². The molecular weight excluding hydrogens is 600 g/mol. The van der Waals surface area contributed by atoms with Gasteiger partial charge in [-0.3, -0.25) is 4.79 Å². The van der Waals surface area contributed by atoms with Gasteiger partial charge >= 0.3 is 5.97 Å². The zero-order chi connectivity index (χ0) is 34.2. The van der Waals surface area contributed by atoms with E-state index in [9.17, 15) is 4.79 Å². The Bertz CT molecular complexity index is 1270. The van der Waals surface area contributed by atoms with Crippen LogP contribution in [0.15, 0.2) is 30.3 Å². The number of aliphatic carboxylic acids is 1. The van der Waals surface area contributed by atoms with Crippen molar-refractivity contribution < 1.29 is 28.8 Å². The molecule has 2 aliphatic heterocycles. The van der Waals surface area contributed by atoms with Crippen molar-refractivity contribution in [1.82, 2.24) is 0 Å². The van der Waals surface area contributed by atoms with E-state index in [-0.39, 0.29) is 17.6 Å². The molecule has 0 aromatic heterocycles. The quantitative estimate of drug-likeness (QED) is 0.119. The van der Waals surface area contributed by atoms with E-state index in [1.807, 2.05) is 18.2 Å². The van der Waals surface area contributed by atoms with Gasteiger partial charge in [0.05, 0.1) is 6.61 Å². The average Bonchev–Trinajstić information content (AvgIpc) is 3.06. The molecule has 0 aliphatic carbocycles. The lowest BCUT2D eigenvalue weighted by atomic mass is 9.87. The average molecular weight is 665 g/mol. The summed E-state index contributed by atoms with van der Waals surface area (Å²) >= 11 is 0. The standard InChI is InChI=1S/C42H64O6/c1-5-7-9-11-13-15-17-27-41(3)29-25-33-32-34(21-22-36(33)47-41)46-40-35-26-30-42(4,28-18-16-14-12-10-8-6-2)48-37(35)23-24-38(40)45-31-19-20-39(43)44/h21-24,32H,5-20,25-31H2,1-4H3,(H,43,44). The fourth-order valence-corrected chi connectivity index (χ4v) is 7.27. The molecule has 6 heteroatoms. The number of carboxylic acids is 1. The topological polar surface area (TPSA) is 74.2 Å². The molecule has 2 atom stereocenters. The first-order chi connectivity index (χ1) is 23.2. The second-order valence-electron chi connectivity index (χ2n) is 14.9. The van der Waals surface area contributed by atoms with Crippen molar-refractivity contribution in [3.8, 4) is 28.7 Å². The van der Waals surface area contributed by atoms with Crippen molar-refractivity contribution in [1.29, 1.82) is 0 Å². The minimum Gasteiger partial charge on any atom is -0.490 e. The summed E-state index contributed by atoms with van der Waals surface area (Å²) in [5.74, 6) is 3.08. The third-order valence-electron chi connectivity index (χ3n) is 10.4. The molecule has 0 spiro atoms. The van der Waals surface area contributed by atoms with Crippen LogP contribution in [0.1, 0.15) is 167 Å². The summed E-state index contributed by atoms with van der Waals surface area (Å²) in [6, 6.07) is 10.1. The van der Waals surface area contributed by atoms with Crippen LogP contribution in [0.5, 0.6) is 28.7 Å². The lowest BCUT2D eigenvalue weighted by Crippen LogP contribution is -2.36. The van der Waals surface area contributed by atoms with E-state index in [1.54, 1.807) is 0 Å². The highest BCUT2D eigenvalue weighted by atomic mass is 16.5. The molecule has 6 nitrogen and oxygen atoms in total. The van der Waals surface area contributed by atoms with E-state index in [0.29, 0.717) is 24.5 Å². The van der Waals surface area contributed by atoms with Crippen LogP contribution in [-0.2, 0) is 17.6 Å². The lowest BCUT2D eigenvalue weighted by molar-refractivity contribution is -0.137. The van der Waals surface area contributed by atoms with E-state index in [2.05, 4.69) is 39.8 Å². The molecule has 268 valence electrons. The second-order valence-corrected chi connectivity index (χ2v) is 14.9. The van der Waals surface area contributed by atoms with Crippen molar-refractivity contribution in [3.63, 3.8) is 0 Å². The van der Waals surface area contributed by atoms with Gasteiger partial charge in [-0.2, -0.15) is 0 Å². The molecule has 1 N–H and O–H groups in total. The molecule has 0 saturated heterocycles. The number of fused-ring (bicyclic) bond motifs is 2. The maximum atomic E-state index is 11.1. The predicted molar refractivity (Wildman–Crippen MR) is 195 cm³/mol. The number of hydrogen-bond acceptors (Lipinski definition) is 5. The molecule has 2 aromatic rings. The molecule has 2 aliphatic rings. The minimum atomic E-state index is -0.816. The first-order valence-electron chi connectivity index (χ1n) is 19.4. The summed E-state index contributed by atoms with van der Waals surface area (Å²) in [6.45, 7) is 9.36. The number of unbranched alkanes of at least 4 members (excludes halogenated alkanes) is 12. The second kappa shape index (κ2) is 19.3. The number of carbonyl (C=O) groups is 1. The van der Waals surface area contributed by atoms with Gasteiger partial charge in [0.1, 0.15) is 28.5 Å². The molecule has 2 heterocycles. The van der Waals surface area contributed by atoms with E-state index in [0.717, 1.165) is 61.3 Å². The van der Waals surface area contributed by atoms with Crippen molar-refractivity contribution in [2.75, 3.05) is 6.61 Å². The van der Waals surface area contributed by atoms with Crippen LogP contribution in [0.25, 0.3) is 0 Å². The third kappa shape index (κ3) is 11.9. The highest BCUT2D eigenvalue weighted by molar-refractivity contribution is 5.66. The Balaban J connectivity index is 1.41. The van der Waals surface area contributed by atoms with Crippen LogP contribution >= 0.6 is 0 Å². The van der Waals surface area contributed by atoms with Gasteiger partial charge in [0.15, 0.2) is 11.5 Å². The zero-order valence-electron chi connectivity index (χ0n) is 30.6. The first-order valence-corrected chi connectivity index (χ1v) is 19.4. The van der Waals surface area contributed by atoms with Crippen LogP contribution in [0.4, 0.5) is 0 Å². The van der Waals surface area contributed by atoms with Crippen molar-refractivity contribution in [2.45, 2.75) is 180 Å². The molecule has 48 heavy (non-hydrogen) atoms. The summed E-state index contributed by atoms with van der Waals surface area (Å²) in [5, 5.41) is 9.11. The number of aryl methyl sites for hydroxylation is 1. The Morgan fingerprint density at radius 2 is 1.29 bits per heavy atom. The number of rotatable bonds is 23. The van der Waals surface area contributed by atoms with E-state index >= 15 is 0 Å². The molecular formula is C42H64O6. The molecule has 4 rings (SSSR count). The SMILES string of the molecule is CCCCCCCCCC1(C)CCc2cc(Oc3c(OCCCC(=O)O)ccc4c3CCC(C)(CCCCCCCCC)O4)ccc2O1. The molecule has 0 bridgehead atoms. The highest BCUT2D eigenvalue weighted by Gasteiger charge is 2.35. The fourth-order valence-electron chi connectivity index (χ4n) is 7.27. The van der Waals surface area contributed by atoms with Crippen LogP contribution < -0.4 is 18.9 Å². The molecule has 2 aromatic carbocycles. The summed E-state index contributed by atoms with van der Waals surface area (Å²) < 4.78 is 26.1. The lowest BCUT2D eigenvalue weighted by Gasteiger charge is -2.37. The number of benzene rings is 2. The van der Waals surface area contributed by atoms with Gasteiger partial charge < -0.3 is 24.1 Å². The van der Waals surface area contributed by atoms with Gasteiger partial charge in [0, 0.05) is 12.0 Å². The van der Waals surface area contributed by atoms with Gasteiger partial charge in [-0.1, -0.05) is 90.9 Å². The van der Waals surface area contributed by atoms with Gasteiger partial charge in [-0.05, 0) is 108 Å². The maximum absolute atomic E-state index is 11.1. The smallest absolute Gasteiger partial charge is 0.303 e. The summed E-state index contributed by atoms with van der Waals surface area (Å²) in [4.78, 5) is 11.1. The van der Waals surface area contributed by atoms with Crippen LogP contribution in [-0.4, -0.2) is 28.9 Å². The molecule has 2 unspecified atom stereocenters. The Hall–Kier alpha value is -2.89. The van der Waals surface area contributed by atoms with Gasteiger partial charge in [-0.15, -0.1) is 0 Å². The van der Waals surface area contributed by atoms with Gasteiger partial charge in [0.2, 0.25) is 0 Å². The molecule has 0 fully saturated rings. The van der Waals surface area contributed by atoms with E-state index in [1.165, 1.54) is 95.5 Å². The highest BCUT2D eigenvalue weighted by Crippen LogP contribution is 2.47. The maximum Gasteiger partial charge on any atom is 0.303 e. The monoisotopic (exact) mass is 664 g/mol. The van der Waals surface area contributed by atoms with Crippen molar-refractivity contribution >= 4 is 5.97 Å². The van der Waals surface area contributed by atoms with E-state index < -0.39 is 5.97 Å². The fraction of sp³-hybridized carbons (Fsp3) is 0.690. The predicted octanol–water partition coefficient (Wildman–Crippen LogP) is 12.2. The normalized spacial score (nSPS) is 19.9. The van der Waals surface area contributed by atoms with Gasteiger partial charge in [0.25, 0.3) is 0 Å². The van der Waals surface area contributed by atoms with E-state index in [4.69, 9.17) is 24.1 Å². The van der Waals surface area contributed by atoms with Crippen LogP contribution in [0, 0.1) is 0 Å². The molecule has 0 saturated carbocycles. The first kappa shape index (κ1) is 37.9. The third-order valence-corrected chi connectivity index (χ3v) is 10.4. The van der Waals surface area contributed by atoms with Crippen LogP contribution in [0.3, 0.4) is 0 Å². The Morgan fingerprint density at radius 3 is 1.92 bits per heavy atom. The Morgan fingerprint density at radius 1 is 0.729 bits per heavy atom. The van der Waals surface area contributed by atoms with Crippen LogP contribution in [0.2, 0.25) is 0 Å². The summed E-state index contributed by atoms with van der Waals surface area (Å²) in [6.07, 6.45) is 24.6. The van der Waals surface area contributed by atoms with Gasteiger partial charge in [-0.25, -0.2) is 0 Å². The van der Waals surface area contributed by atoms with Crippen molar-refractivity contribution in [3.05, 3.63) is 41.5 Å². The molecule has 0 amide bonds. The zero-order valence-corrected chi connectivity index (χ0v) is 30.6. The minimum absolute atomic E-state index is 0.0733. The summed E-state index contributed by atoms with van der Waals surface area (Å²) in [7, 11) is 0. The number of carboxylic acid groups (broad SMARTS) is 1. The number of ether oxygens (including phenoxy) is 4. The number of hydrogen-bond donors (Lipinski definition) is 1. The molecule has 0 radical (unpaired) electrons. The van der Waals surface area contributed by atoms with Crippen molar-refractivity contribution in [2.24, 2.45) is 0 Å². The Kier molecular flexibility index (Phi) is 15.3. The largest absolute Gasteiger partial charge is 0.490 e. The summed E-state index contributed by atoms with van der Waals surface area (Å²) in [5.41, 5.74) is 1.89.